The van der Waals surface area contributed by atoms with E-state index in [-0.39, 0.29) is 5.75 Å². The number of aromatic nitrogens is 1. The number of benzene rings is 4. The standard InChI is InChI=1S/C23H14BrNO/c24-16-8-5-15(6-9-16)23-19-11-7-14-3-1-2-4-18(14)22(19)20-13-17(26)10-12-21(20)25-23/h1-13,26H. The maximum absolute atomic E-state index is 10.0. The molecule has 1 aromatic heterocycles. The van der Waals surface area contributed by atoms with Crippen LogP contribution in [0.3, 0.4) is 0 Å². The summed E-state index contributed by atoms with van der Waals surface area (Å²) in [6.45, 7) is 0. The first-order chi connectivity index (χ1) is 12.7. The van der Waals surface area contributed by atoms with Crippen LogP contribution in [-0.2, 0) is 0 Å². The number of phenolic OH excluding ortho intramolecular Hbond substituents is 1. The molecular formula is C23H14BrNO. The highest BCUT2D eigenvalue weighted by Crippen LogP contribution is 2.38. The molecule has 4 aromatic carbocycles. The zero-order chi connectivity index (χ0) is 17.7. The van der Waals surface area contributed by atoms with Gasteiger partial charge in [0.2, 0.25) is 0 Å². The van der Waals surface area contributed by atoms with Crippen LogP contribution >= 0.6 is 15.9 Å². The summed E-state index contributed by atoms with van der Waals surface area (Å²) in [5.41, 5.74) is 2.91. The van der Waals surface area contributed by atoms with Gasteiger partial charge in [0, 0.05) is 26.2 Å². The molecule has 5 rings (SSSR count). The van der Waals surface area contributed by atoms with Crippen molar-refractivity contribution in [2.45, 2.75) is 0 Å². The molecule has 0 saturated heterocycles. The fourth-order valence-electron chi connectivity index (χ4n) is 3.59. The third kappa shape index (κ3) is 2.36. The molecule has 0 aliphatic heterocycles. The molecular weight excluding hydrogens is 386 g/mol. The predicted molar refractivity (Wildman–Crippen MR) is 112 cm³/mol. The number of nitrogens with zero attached hydrogens (tertiary/aromatic N) is 1. The fourth-order valence-corrected chi connectivity index (χ4v) is 3.85. The molecule has 0 saturated carbocycles. The van der Waals surface area contributed by atoms with Crippen LogP contribution in [-0.4, -0.2) is 10.1 Å². The monoisotopic (exact) mass is 399 g/mol. The van der Waals surface area contributed by atoms with Crippen LogP contribution < -0.4 is 0 Å². The van der Waals surface area contributed by atoms with Crippen LogP contribution in [0.5, 0.6) is 5.75 Å². The van der Waals surface area contributed by atoms with Gasteiger partial charge in [-0.3, -0.25) is 0 Å². The van der Waals surface area contributed by atoms with Crippen molar-refractivity contribution in [1.29, 1.82) is 0 Å². The highest BCUT2D eigenvalue weighted by Gasteiger charge is 2.13. The van der Waals surface area contributed by atoms with E-state index in [1.807, 2.05) is 30.3 Å². The number of hydrogen-bond acceptors (Lipinski definition) is 2. The van der Waals surface area contributed by atoms with Gasteiger partial charge in [-0.05, 0) is 41.1 Å². The Labute approximate surface area is 158 Å². The van der Waals surface area contributed by atoms with Gasteiger partial charge >= 0.3 is 0 Å². The number of rotatable bonds is 1. The fraction of sp³-hybridized carbons (Fsp3) is 0. The van der Waals surface area contributed by atoms with E-state index in [0.29, 0.717) is 0 Å². The summed E-state index contributed by atoms with van der Waals surface area (Å²) in [5.74, 6) is 0.255. The van der Waals surface area contributed by atoms with Crippen molar-refractivity contribution in [3.8, 4) is 17.0 Å². The maximum Gasteiger partial charge on any atom is 0.116 e. The Bertz CT molecular complexity index is 1290. The Hall–Kier alpha value is -2.91. The molecule has 0 aliphatic carbocycles. The maximum atomic E-state index is 10.0. The average molecular weight is 400 g/mol. The van der Waals surface area contributed by atoms with Crippen molar-refractivity contribution >= 4 is 48.4 Å². The second kappa shape index (κ2) is 5.82. The first-order valence-electron chi connectivity index (χ1n) is 8.41. The lowest BCUT2D eigenvalue weighted by atomic mass is 9.95. The highest BCUT2D eigenvalue weighted by molar-refractivity contribution is 9.10. The van der Waals surface area contributed by atoms with Gasteiger partial charge in [0.15, 0.2) is 0 Å². The molecule has 1 heterocycles. The van der Waals surface area contributed by atoms with E-state index in [1.165, 1.54) is 10.8 Å². The topological polar surface area (TPSA) is 33.1 Å². The van der Waals surface area contributed by atoms with Crippen LogP contribution in [0, 0.1) is 0 Å². The molecule has 3 heteroatoms. The molecule has 2 nitrogen and oxygen atoms in total. The third-order valence-electron chi connectivity index (χ3n) is 4.78. The van der Waals surface area contributed by atoms with Gasteiger partial charge in [-0.25, -0.2) is 4.98 Å². The quantitative estimate of drug-likeness (QED) is 0.319. The molecule has 0 radical (unpaired) electrons. The number of hydrogen-bond donors (Lipinski definition) is 1. The first kappa shape index (κ1) is 15.4. The molecule has 0 unspecified atom stereocenters. The third-order valence-corrected chi connectivity index (χ3v) is 5.31. The molecule has 0 spiro atoms. The second-order valence-electron chi connectivity index (χ2n) is 6.38. The van der Waals surface area contributed by atoms with Crippen molar-refractivity contribution < 1.29 is 5.11 Å². The minimum absolute atomic E-state index is 0.255. The second-order valence-corrected chi connectivity index (χ2v) is 7.29. The molecule has 0 atom stereocenters. The van der Waals surface area contributed by atoms with Crippen LogP contribution in [0.4, 0.5) is 0 Å². The molecule has 0 bridgehead atoms. The first-order valence-corrected chi connectivity index (χ1v) is 9.20. The average Bonchev–Trinajstić information content (AvgIpc) is 2.67. The van der Waals surface area contributed by atoms with Gasteiger partial charge in [0.1, 0.15) is 5.75 Å². The minimum Gasteiger partial charge on any atom is -0.508 e. The molecule has 124 valence electrons. The summed E-state index contributed by atoms with van der Waals surface area (Å²) >= 11 is 3.50. The summed E-state index contributed by atoms with van der Waals surface area (Å²) in [6.07, 6.45) is 0. The number of aromatic hydroxyl groups is 1. The summed E-state index contributed by atoms with van der Waals surface area (Å²) in [7, 11) is 0. The zero-order valence-electron chi connectivity index (χ0n) is 13.8. The summed E-state index contributed by atoms with van der Waals surface area (Å²) in [6, 6.07) is 26.2. The van der Waals surface area contributed by atoms with E-state index in [1.54, 1.807) is 6.07 Å². The molecule has 1 N–H and O–H groups in total. The smallest absolute Gasteiger partial charge is 0.116 e. The summed E-state index contributed by atoms with van der Waals surface area (Å²) in [4.78, 5) is 4.92. The highest BCUT2D eigenvalue weighted by atomic mass is 79.9. The molecule has 0 fully saturated rings. The normalized spacial score (nSPS) is 11.4. The van der Waals surface area contributed by atoms with Gasteiger partial charge in [0.05, 0.1) is 11.2 Å². The number of pyridine rings is 1. The van der Waals surface area contributed by atoms with E-state index in [9.17, 15) is 5.11 Å². The minimum atomic E-state index is 0.255. The van der Waals surface area contributed by atoms with Crippen LogP contribution in [0.15, 0.2) is 83.3 Å². The van der Waals surface area contributed by atoms with Gasteiger partial charge in [-0.1, -0.05) is 64.5 Å². The summed E-state index contributed by atoms with van der Waals surface area (Å²) in [5, 5.41) is 15.6. The SMILES string of the molecule is Oc1ccc2nc(-c3ccc(Br)cc3)c3ccc4ccccc4c3c2c1. The lowest BCUT2D eigenvalue weighted by Crippen LogP contribution is -1.91. The number of halogens is 1. The largest absolute Gasteiger partial charge is 0.508 e. The predicted octanol–water partition coefficient (Wildman–Crippen LogP) is 6.68. The Morgan fingerprint density at radius 1 is 0.731 bits per heavy atom. The van der Waals surface area contributed by atoms with E-state index in [0.717, 1.165) is 37.4 Å². The van der Waals surface area contributed by atoms with Crippen LogP contribution in [0.2, 0.25) is 0 Å². The number of fused-ring (bicyclic) bond motifs is 5. The van der Waals surface area contributed by atoms with E-state index < -0.39 is 0 Å². The number of phenols is 1. The Balaban J connectivity index is 2.01. The summed E-state index contributed by atoms with van der Waals surface area (Å²) < 4.78 is 1.04. The van der Waals surface area contributed by atoms with E-state index in [4.69, 9.17) is 4.98 Å². The van der Waals surface area contributed by atoms with Crippen LogP contribution in [0.25, 0.3) is 43.7 Å². The van der Waals surface area contributed by atoms with Crippen molar-refractivity contribution in [3.05, 3.63) is 83.3 Å². The van der Waals surface area contributed by atoms with Gasteiger partial charge < -0.3 is 5.11 Å². The Morgan fingerprint density at radius 2 is 1.54 bits per heavy atom. The van der Waals surface area contributed by atoms with Gasteiger partial charge in [0.25, 0.3) is 0 Å². The van der Waals surface area contributed by atoms with Crippen molar-refractivity contribution in [1.82, 2.24) is 4.98 Å². The zero-order valence-corrected chi connectivity index (χ0v) is 15.4. The Kier molecular flexibility index (Phi) is 3.44. The molecule has 5 aromatic rings. The lowest BCUT2D eigenvalue weighted by Gasteiger charge is -2.13. The van der Waals surface area contributed by atoms with E-state index in [2.05, 4.69) is 58.4 Å². The van der Waals surface area contributed by atoms with Crippen LogP contribution in [0.1, 0.15) is 0 Å². The Morgan fingerprint density at radius 3 is 2.38 bits per heavy atom. The van der Waals surface area contributed by atoms with Crippen molar-refractivity contribution in [3.63, 3.8) is 0 Å². The molecule has 0 amide bonds. The van der Waals surface area contributed by atoms with Crippen molar-refractivity contribution in [2.75, 3.05) is 0 Å². The van der Waals surface area contributed by atoms with Gasteiger partial charge in [-0.2, -0.15) is 0 Å². The van der Waals surface area contributed by atoms with Gasteiger partial charge in [-0.15, -0.1) is 0 Å². The van der Waals surface area contributed by atoms with Crippen molar-refractivity contribution in [2.24, 2.45) is 0 Å². The van der Waals surface area contributed by atoms with E-state index >= 15 is 0 Å². The molecule has 26 heavy (non-hydrogen) atoms. The molecule has 0 aliphatic rings. The lowest BCUT2D eigenvalue weighted by molar-refractivity contribution is 0.476.